The van der Waals surface area contributed by atoms with Crippen molar-refractivity contribution in [2.45, 2.75) is 84.7 Å². The van der Waals surface area contributed by atoms with Crippen molar-refractivity contribution >= 4 is 23.7 Å². The molecule has 2 N–H and O–H groups in total. The molecule has 0 aromatic carbocycles. The predicted molar refractivity (Wildman–Crippen MR) is 147 cm³/mol. The predicted octanol–water partition coefficient (Wildman–Crippen LogP) is 3.61. The number of ether oxygens (including phenoxy) is 3. The van der Waals surface area contributed by atoms with E-state index in [-0.39, 0.29) is 24.2 Å². The Balaban J connectivity index is 1.72. The number of carbonyl (C=O) groups is 4. The van der Waals surface area contributed by atoms with Crippen molar-refractivity contribution in [2.75, 3.05) is 7.11 Å². The van der Waals surface area contributed by atoms with E-state index in [1.54, 1.807) is 32.9 Å². The van der Waals surface area contributed by atoms with Gasteiger partial charge in [0.25, 0.3) is 0 Å². The van der Waals surface area contributed by atoms with Gasteiger partial charge < -0.3 is 28.8 Å². The molecule has 9 atom stereocenters. The average Bonchev–Trinajstić information content (AvgIpc) is 3.48. The van der Waals surface area contributed by atoms with E-state index in [0.29, 0.717) is 17.6 Å². The summed E-state index contributed by atoms with van der Waals surface area (Å²) >= 11 is 0. The van der Waals surface area contributed by atoms with E-state index in [0.717, 1.165) is 0 Å². The number of allylic oxidation sites excluding steroid dienone is 1. The second-order valence-electron chi connectivity index (χ2n) is 13.3. The van der Waals surface area contributed by atoms with Crippen molar-refractivity contribution in [3.63, 3.8) is 0 Å². The summed E-state index contributed by atoms with van der Waals surface area (Å²) < 4.78 is 22.1. The van der Waals surface area contributed by atoms with Crippen LogP contribution in [0.3, 0.4) is 0 Å². The maximum Gasteiger partial charge on any atom is 0.333 e. The van der Waals surface area contributed by atoms with Gasteiger partial charge in [0.15, 0.2) is 0 Å². The highest BCUT2D eigenvalue weighted by molar-refractivity contribution is 5.94. The molecule has 3 saturated carbocycles. The number of rotatable bonds is 5. The molecule has 2 heterocycles. The number of fused-ring (bicyclic) bond motifs is 6. The number of aliphatic hydroxyl groups is 2. The number of esters is 3. The lowest BCUT2D eigenvalue weighted by Gasteiger charge is -2.69. The van der Waals surface area contributed by atoms with Gasteiger partial charge in [-0.1, -0.05) is 33.8 Å². The molecule has 3 fully saturated rings. The summed E-state index contributed by atoms with van der Waals surface area (Å²) in [6.07, 6.45) is 2.58. The molecule has 5 rings (SSSR count). The molecule has 3 aliphatic carbocycles. The zero-order valence-electron chi connectivity index (χ0n) is 25.1. The van der Waals surface area contributed by atoms with E-state index in [1.807, 2.05) is 20.8 Å². The maximum atomic E-state index is 14.5. The number of hydrogen-bond donors (Lipinski definition) is 2. The third kappa shape index (κ3) is 3.90. The first-order valence-electron chi connectivity index (χ1n) is 14.4. The number of aliphatic hydroxyl groups excluding tert-OH is 1. The highest BCUT2D eigenvalue weighted by Gasteiger charge is 2.77. The van der Waals surface area contributed by atoms with Gasteiger partial charge in [-0.05, 0) is 44.2 Å². The average molecular weight is 585 g/mol. The summed E-state index contributed by atoms with van der Waals surface area (Å²) in [4.78, 5) is 53.5. The van der Waals surface area contributed by atoms with Crippen LogP contribution >= 0.6 is 0 Å². The number of cyclic esters (lactones) is 1. The van der Waals surface area contributed by atoms with Crippen LogP contribution in [0, 0.1) is 34.0 Å². The van der Waals surface area contributed by atoms with Crippen molar-refractivity contribution in [1.82, 2.24) is 0 Å². The molecular formula is C32H40O10. The number of Topliss-reactive ketones (excluding diaryl/α,β-unsaturated/α-hetero) is 1. The molecule has 0 spiro atoms. The fraction of sp³-hybridized carbons (Fsp3) is 0.625. The molecule has 0 unspecified atom stereocenters. The summed E-state index contributed by atoms with van der Waals surface area (Å²) in [6, 6.07) is 1.69. The van der Waals surface area contributed by atoms with E-state index in [2.05, 4.69) is 0 Å². The molecule has 10 heteroatoms. The van der Waals surface area contributed by atoms with Crippen molar-refractivity contribution in [3.8, 4) is 0 Å². The van der Waals surface area contributed by atoms with Crippen LogP contribution in [0.4, 0.5) is 0 Å². The first-order chi connectivity index (χ1) is 19.6. The van der Waals surface area contributed by atoms with Crippen LogP contribution in [-0.2, 0) is 33.4 Å². The first kappa shape index (κ1) is 30.2. The van der Waals surface area contributed by atoms with E-state index in [9.17, 15) is 29.4 Å². The van der Waals surface area contributed by atoms with Crippen LogP contribution in [0.25, 0.3) is 0 Å². The third-order valence-electron chi connectivity index (χ3n) is 11.1. The van der Waals surface area contributed by atoms with Gasteiger partial charge in [-0.25, -0.2) is 9.59 Å². The lowest BCUT2D eigenvalue weighted by molar-refractivity contribution is -0.265. The van der Waals surface area contributed by atoms with Gasteiger partial charge in [-0.15, -0.1) is 0 Å². The number of furan rings is 1. The molecule has 4 aliphatic rings. The molecule has 42 heavy (non-hydrogen) atoms. The summed E-state index contributed by atoms with van der Waals surface area (Å²) in [5.74, 6) is -5.23. The van der Waals surface area contributed by atoms with Gasteiger partial charge >= 0.3 is 17.9 Å². The monoisotopic (exact) mass is 584 g/mol. The second-order valence-corrected chi connectivity index (χ2v) is 13.3. The molecule has 1 aromatic heterocycles. The van der Waals surface area contributed by atoms with E-state index in [4.69, 9.17) is 18.6 Å². The Hall–Kier alpha value is -3.24. The van der Waals surface area contributed by atoms with Crippen molar-refractivity contribution in [3.05, 3.63) is 47.5 Å². The van der Waals surface area contributed by atoms with E-state index >= 15 is 0 Å². The molecule has 2 bridgehead atoms. The summed E-state index contributed by atoms with van der Waals surface area (Å²) in [5, 5.41) is 25.0. The fourth-order valence-corrected chi connectivity index (χ4v) is 8.75. The Kier molecular flexibility index (Phi) is 7.13. The minimum Gasteiger partial charge on any atom is -0.472 e. The van der Waals surface area contributed by atoms with Gasteiger partial charge in [0.1, 0.15) is 29.7 Å². The van der Waals surface area contributed by atoms with Crippen LogP contribution < -0.4 is 0 Å². The zero-order valence-corrected chi connectivity index (χ0v) is 25.1. The summed E-state index contributed by atoms with van der Waals surface area (Å²) in [6.45, 7) is 10.5. The topological polar surface area (TPSA) is 150 Å². The molecule has 228 valence electrons. The van der Waals surface area contributed by atoms with Gasteiger partial charge in [0, 0.05) is 45.8 Å². The number of hydrogen-bond acceptors (Lipinski definition) is 10. The van der Waals surface area contributed by atoms with Crippen molar-refractivity contribution in [1.29, 1.82) is 0 Å². The van der Waals surface area contributed by atoms with Crippen molar-refractivity contribution < 1.29 is 48.0 Å². The van der Waals surface area contributed by atoms with Gasteiger partial charge in [-0.3, -0.25) is 9.59 Å². The van der Waals surface area contributed by atoms with E-state index in [1.165, 1.54) is 25.7 Å². The SMILES string of the molecule is C/C=C(\C)C(=O)O[C@@H]1[C@H]2C(=O)[C@](C)([C@H]3CC[C@]4(C)C(=CC(=O)O[C@H]4c4ccoc4)[C@@]3(O)[C@@H]2O)[C@@H](CC(=O)OC)C1(C)C. The normalized spacial score (nSPS) is 40.7. The molecule has 0 amide bonds. The smallest absolute Gasteiger partial charge is 0.333 e. The van der Waals surface area contributed by atoms with Crippen LogP contribution in [0.2, 0.25) is 0 Å². The highest BCUT2D eigenvalue weighted by Crippen LogP contribution is 2.70. The summed E-state index contributed by atoms with van der Waals surface area (Å²) in [7, 11) is 1.26. The summed E-state index contributed by atoms with van der Waals surface area (Å²) in [5.41, 5.74) is -4.19. The molecule has 1 aromatic rings. The molecule has 0 radical (unpaired) electrons. The molecular weight excluding hydrogens is 544 g/mol. The number of carbonyl (C=O) groups excluding carboxylic acids is 4. The largest absolute Gasteiger partial charge is 0.472 e. The minimum absolute atomic E-state index is 0.173. The molecule has 10 nitrogen and oxygen atoms in total. The molecule has 0 saturated heterocycles. The Labute approximate surface area is 245 Å². The van der Waals surface area contributed by atoms with Crippen LogP contribution in [-0.4, -0.2) is 58.8 Å². The number of methoxy groups -OCH3 is 1. The van der Waals surface area contributed by atoms with Crippen LogP contribution in [0.5, 0.6) is 0 Å². The lowest BCUT2D eigenvalue weighted by Crippen LogP contribution is -2.78. The highest BCUT2D eigenvalue weighted by atomic mass is 16.6. The van der Waals surface area contributed by atoms with Gasteiger partial charge in [0.05, 0.1) is 25.6 Å². The minimum atomic E-state index is -2.08. The number of ketones is 1. The van der Waals surface area contributed by atoms with Gasteiger partial charge in [-0.2, -0.15) is 0 Å². The Morgan fingerprint density at radius 2 is 1.88 bits per heavy atom. The second kappa shape index (κ2) is 9.91. The third-order valence-corrected chi connectivity index (χ3v) is 11.1. The Morgan fingerprint density at radius 3 is 2.48 bits per heavy atom. The lowest BCUT2D eigenvalue weighted by atomic mass is 9.36. The zero-order chi connectivity index (χ0) is 31.0. The molecule has 1 aliphatic heterocycles. The standard InChI is InChI=1S/C32H40O10/c1-8-16(2)28(37)42-27-23-24(35)31(6,19(29(27,3)4)13-21(33)39-7)18-9-11-30(5)20(32(18,38)25(23)36)14-22(34)41-26(30)17-10-12-40-15-17/h8,10,12,14-15,18-19,23,25-27,36,38H,9,11,13H2,1-7H3/b16-8+/t18-,19+,23+,25-,26+,27-,30-,31-,32-/m1/s1. The van der Waals surface area contributed by atoms with Crippen LogP contribution in [0.15, 0.2) is 46.3 Å². The van der Waals surface area contributed by atoms with E-state index < -0.39 is 75.8 Å². The first-order valence-corrected chi connectivity index (χ1v) is 14.4. The maximum absolute atomic E-state index is 14.5. The van der Waals surface area contributed by atoms with Gasteiger partial charge in [0.2, 0.25) is 0 Å². The Bertz CT molecular complexity index is 1370. The fourth-order valence-electron chi connectivity index (χ4n) is 8.75. The van der Waals surface area contributed by atoms with Crippen LogP contribution in [0.1, 0.15) is 72.5 Å². The van der Waals surface area contributed by atoms with Crippen molar-refractivity contribution in [2.24, 2.45) is 34.0 Å². The quantitative estimate of drug-likeness (QED) is 0.299. The Morgan fingerprint density at radius 1 is 1.19 bits per heavy atom.